The molecule has 0 aliphatic carbocycles. The molecule has 0 aromatic heterocycles. The van der Waals surface area contributed by atoms with E-state index in [-0.39, 0.29) is 29.2 Å². The topological polar surface area (TPSA) is 60.9 Å². The number of hydrogen-bond donors (Lipinski definition) is 0. The molecule has 2 aliphatic heterocycles. The summed E-state index contributed by atoms with van der Waals surface area (Å²) in [6.45, 7) is 10.9. The number of hydrogen-bond acceptors (Lipinski definition) is 3. The summed E-state index contributed by atoms with van der Waals surface area (Å²) in [4.78, 5) is 42.2. The van der Waals surface area contributed by atoms with Gasteiger partial charge in [-0.1, -0.05) is 6.92 Å². The SMILES string of the molecule is CCC(=O)N1CCCN(C(=O)C2CC(=O)N(C(C)(C)C)C2)CC1. The molecule has 2 heterocycles. The second kappa shape index (κ2) is 6.89. The van der Waals surface area contributed by atoms with E-state index in [1.165, 1.54) is 0 Å². The molecule has 2 rings (SSSR count). The molecular weight excluding hydrogens is 294 g/mol. The van der Waals surface area contributed by atoms with E-state index in [1.54, 1.807) is 4.90 Å². The van der Waals surface area contributed by atoms with E-state index in [0.717, 1.165) is 6.42 Å². The van der Waals surface area contributed by atoms with Crippen LogP contribution in [-0.2, 0) is 14.4 Å². The molecule has 3 amide bonds. The van der Waals surface area contributed by atoms with Gasteiger partial charge in [-0.25, -0.2) is 0 Å². The Balaban J connectivity index is 1.96. The van der Waals surface area contributed by atoms with Crippen LogP contribution >= 0.6 is 0 Å². The van der Waals surface area contributed by atoms with Crippen LogP contribution < -0.4 is 0 Å². The van der Waals surface area contributed by atoms with Crippen LogP contribution in [0.1, 0.15) is 47.0 Å². The first-order chi connectivity index (χ1) is 10.7. The van der Waals surface area contributed by atoms with Crippen molar-refractivity contribution in [2.24, 2.45) is 5.92 Å². The summed E-state index contributed by atoms with van der Waals surface area (Å²) in [5.74, 6) is 0.0359. The predicted molar refractivity (Wildman–Crippen MR) is 87.6 cm³/mol. The molecule has 1 unspecified atom stereocenters. The zero-order chi connectivity index (χ0) is 17.2. The Bertz CT molecular complexity index is 484. The van der Waals surface area contributed by atoms with E-state index in [9.17, 15) is 14.4 Å². The molecule has 0 aromatic rings. The molecule has 2 fully saturated rings. The van der Waals surface area contributed by atoms with Crippen molar-refractivity contribution < 1.29 is 14.4 Å². The van der Waals surface area contributed by atoms with Crippen LogP contribution in [-0.4, -0.2) is 70.7 Å². The zero-order valence-corrected chi connectivity index (χ0v) is 14.8. The normalized spacial score (nSPS) is 23.2. The number of amides is 3. The van der Waals surface area contributed by atoms with Crippen LogP contribution in [0.4, 0.5) is 0 Å². The summed E-state index contributed by atoms with van der Waals surface area (Å²) in [6.07, 6.45) is 1.62. The van der Waals surface area contributed by atoms with Crippen LogP contribution in [0, 0.1) is 5.92 Å². The van der Waals surface area contributed by atoms with Gasteiger partial charge in [0.25, 0.3) is 0 Å². The number of nitrogens with zero attached hydrogens (tertiary/aromatic N) is 3. The Morgan fingerprint density at radius 1 is 1.09 bits per heavy atom. The van der Waals surface area contributed by atoms with E-state index in [1.807, 2.05) is 37.5 Å². The molecule has 2 saturated heterocycles. The van der Waals surface area contributed by atoms with Gasteiger partial charge in [0.05, 0.1) is 5.92 Å². The fourth-order valence-corrected chi connectivity index (χ4v) is 3.39. The molecule has 0 bridgehead atoms. The van der Waals surface area contributed by atoms with Crippen molar-refractivity contribution >= 4 is 17.7 Å². The van der Waals surface area contributed by atoms with Gasteiger partial charge in [0.2, 0.25) is 17.7 Å². The molecule has 0 N–H and O–H groups in total. The number of carbonyl (C=O) groups is 3. The highest BCUT2D eigenvalue weighted by Crippen LogP contribution is 2.27. The fourth-order valence-electron chi connectivity index (χ4n) is 3.39. The Labute approximate surface area is 138 Å². The van der Waals surface area contributed by atoms with E-state index < -0.39 is 0 Å². The van der Waals surface area contributed by atoms with Gasteiger partial charge in [-0.05, 0) is 27.2 Å². The third-order valence-corrected chi connectivity index (χ3v) is 4.75. The maximum Gasteiger partial charge on any atom is 0.228 e. The van der Waals surface area contributed by atoms with Gasteiger partial charge in [0.15, 0.2) is 0 Å². The minimum Gasteiger partial charge on any atom is -0.341 e. The zero-order valence-electron chi connectivity index (χ0n) is 14.8. The van der Waals surface area contributed by atoms with Crippen molar-refractivity contribution in [1.82, 2.24) is 14.7 Å². The van der Waals surface area contributed by atoms with Crippen molar-refractivity contribution in [3.8, 4) is 0 Å². The quantitative estimate of drug-likeness (QED) is 0.765. The average molecular weight is 323 g/mol. The van der Waals surface area contributed by atoms with Crippen LogP contribution in [0.2, 0.25) is 0 Å². The molecule has 0 spiro atoms. The lowest BCUT2D eigenvalue weighted by molar-refractivity contribution is -0.136. The summed E-state index contributed by atoms with van der Waals surface area (Å²) in [7, 11) is 0. The summed E-state index contributed by atoms with van der Waals surface area (Å²) in [5.41, 5.74) is -0.241. The Morgan fingerprint density at radius 2 is 1.70 bits per heavy atom. The largest absolute Gasteiger partial charge is 0.341 e. The predicted octanol–water partition coefficient (Wildman–Crippen LogP) is 1.10. The first-order valence-electron chi connectivity index (χ1n) is 8.61. The monoisotopic (exact) mass is 323 g/mol. The lowest BCUT2D eigenvalue weighted by Gasteiger charge is -2.32. The first kappa shape index (κ1) is 17.8. The Hall–Kier alpha value is -1.59. The summed E-state index contributed by atoms with van der Waals surface area (Å²) < 4.78 is 0. The molecule has 23 heavy (non-hydrogen) atoms. The second-order valence-electron chi connectivity index (χ2n) is 7.49. The lowest BCUT2D eigenvalue weighted by Crippen LogP contribution is -2.44. The fraction of sp³-hybridized carbons (Fsp3) is 0.824. The van der Waals surface area contributed by atoms with E-state index in [0.29, 0.717) is 45.6 Å². The molecule has 6 heteroatoms. The number of carbonyl (C=O) groups excluding carboxylic acids is 3. The van der Waals surface area contributed by atoms with Gasteiger partial charge in [0.1, 0.15) is 0 Å². The Kier molecular flexibility index (Phi) is 5.32. The van der Waals surface area contributed by atoms with Gasteiger partial charge in [-0.2, -0.15) is 0 Å². The molecule has 2 aliphatic rings. The third kappa shape index (κ3) is 4.03. The molecule has 0 aromatic carbocycles. The van der Waals surface area contributed by atoms with Crippen molar-refractivity contribution in [2.45, 2.75) is 52.5 Å². The first-order valence-corrected chi connectivity index (χ1v) is 8.61. The second-order valence-corrected chi connectivity index (χ2v) is 7.49. The van der Waals surface area contributed by atoms with Gasteiger partial charge >= 0.3 is 0 Å². The molecule has 0 radical (unpaired) electrons. The van der Waals surface area contributed by atoms with E-state index in [2.05, 4.69) is 0 Å². The third-order valence-electron chi connectivity index (χ3n) is 4.75. The highest BCUT2D eigenvalue weighted by atomic mass is 16.2. The summed E-state index contributed by atoms with van der Waals surface area (Å²) >= 11 is 0. The smallest absolute Gasteiger partial charge is 0.228 e. The van der Waals surface area contributed by atoms with Gasteiger partial charge < -0.3 is 14.7 Å². The van der Waals surface area contributed by atoms with Gasteiger partial charge in [0, 0.05) is 51.1 Å². The van der Waals surface area contributed by atoms with Gasteiger partial charge in [-0.3, -0.25) is 14.4 Å². The highest BCUT2D eigenvalue weighted by Gasteiger charge is 2.41. The number of likely N-dealkylation sites (tertiary alicyclic amines) is 1. The van der Waals surface area contributed by atoms with Crippen molar-refractivity contribution in [1.29, 1.82) is 0 Å². The Morgan fingerprint density at radius 3 is 2.26 bits per heavy atom. The maximum absolute atomic E-state index is 12.8. The lowest BCUT2D eigenvalue weighted by atomic mass is 10.1. The highest BCUT2D eigenvalue weighted by molar-refractivity contribution is 5.89. The van der Waals surface area contributed by atoms with Crippen LogP contribution in [0.3, 0.4) is 0 Å². The molecule has 6 nitrogen and oxygen atoms in total. The molecule has 130 valence electrons. The average Bonchev–Trinajstić information content (AvgIpc) is 2.73. The van der Waals surface area contributed by atoms with Crippen molar-refractivity contribution in [3.05, 3.63) is 0 Å². The van der Waals surface area contributed by atoms with Crippen LogP contribution in [0.25, 0.3) is 0 Å². The van der Waals surface area contributed by atoms with Crippen LogP contribution in [0.5, 0.6) is 0 Å². The summed E-state index contributed by atoms with van der Waals surface area (Å²) in [6, 6.07) is 0. The van der Waals surface area contributed by atoms with E-state index in [4.69, 9.17) is 0 Å². The molecule has 0 saturated carbocycles. The standard InChI is InChI=1S/C17H29N3O3/c1-5-14(21)18-7-6-8-19(10-9-18)16(23)13-11-15(22)20(12-13)17(2,3)4/h13H,5-12H2,1-4H3. The van der Waals surface area contributed by atoms with Crippen molar-refractivity contribution in [3.63, 3.8) is 0 Å². The summed E-state index contributed by atoms with van der Waals surface area (Å²) in [5, 5.41) is 0. The number of rotatable bonds is 2. The maximum atomic E-state index is 12.8. The van der Waals surface area contributed by atoms with Gasteiger partial charge in [-0.15, -0.1) is 0 Å². The van der Waals surface area contributed by atoms with Crippen molar-refractivity contribution in [2.75, 3.05) is 32.7 Å². The van der Waals surface area contributed by atoms with E-state index >= 15 is 0 Å². The van der Waals surface area contributed by atoms with Crippen LogP contribution in [0.15, 0.2) is 0 Å². The minimum atomic E-state index is -0.241. The molecular formula is C17H29N3O3. The minimum absolute atomic E-state index is 0.0634. The molecule has 1 atom stereocenters.